The van der Waals surface area contributed by atoms with Gasteiger partial charge in [-0.3, -0.25) is 14.9 Å². The highest BCUT2D eigenvalue weighted by atomic mass is 35.5. The van der Waals surface area contributed by atoms with E-state index in [9.17, 15) is 18.5 Å². The average molecular weight is 523 g/mol. The first-order valence-corrected chi connectivity index (χ1v) is 11.7. The zero-order chi connectivity index (χ0) is 24.0. The van der Waals surface area contributed by atoms with E-state index in [1.54, 1.807) is 36.4 Å². The molecule has 0 radical (unpaired) electrons. The van der Waals surface area contributed by atoms with E-state index in [-0.39, 0.29) is 31.3 Å². The summed E-state index contributed by atoms with van der Waals surface area (Å²) in [6, 6.07) is 18.3. The lowest BCUT2D eigenvalue weighted by Gasteiger charge is -2.10. The predicted octanol–water partition coefficient (Wildman–Crippen LogP) is 5.38. The van der Waals surface area contributed by atoms with E-state index < -0.39 is 21.6 Å². The first-order valence-electron chi connectivity index (χ1n) is 9.08. The van der Waals surface area contributed by atoms with E-state index in [1.807, 2.05) is 0 Å². The van der Waals surface area contributed by atoms with E-state index in [4.69, 9.17) is 34.8 Å². The number of carbonyl (C=O) groups is 1. The number of nitriles is 1. The quantitative estimate of drug-likeness (QED) is 0.284. The van der Waals surface area contributed by atoms with E-state index in [1.165, 1.54) is 36.4 Å². The molecule has 12 heteroatoms. The molecule has 0 saturated carbocycles. The minimum atomic E-state index is -3.88. The molecule has 3 aromatic rings. The van der Waals surface area contributed by atoms with Gasteiger partial charge < -0.3 is 5.32 Å². The first kappa shape index (κ1) is 24.4. The lowest BCUT2D eigenvalue weighted by molar-refractivity contribution is -0.110. The Morgan fingerprint density at radius 2 is 1.52 bits per heavy atom. The van der Waals surface area contributed by atoms with Crippen LogP contribution in [0.4, 0.5) is 17.1 Å². The van der Waals surface area contributed by atoms with Crippen molar-refractivity contribution in [2.24, 2.45) is 5.10 Å². The molecule has 8 nitrogen and oxygen atoms in total. The number of anilines is 3. The largest absolute Gasteiger partial charge is 0.319 e. The second-order valence-corrected chi connectivity index (χ2v) is 9.22. The SMILES string of the molecule is N#C/C(=N\Nc1ccc(S(=O)(=O)Nc2ccccc2Cl)cc1)C(=O)Nc1cccc(Cl)c1Cl. The van der Waals surface area contributed by atoms with Crippen LogP contribution in [-0.2, 0) is 14.8 Å². The van der Waals surface area contributed by atoms with Gasteiger partial charge in [-0.1, -0.05) is 53.0 Å². The molecule has 0 aliphatic rings. The molecule has 3 rings (SSSR count). The Bertz CT molecular complexity index is 1370. The average Bonchev–Trinajstić information content (AvgIpc) is 2.79. The smallest absolute Gasteiger partial charge is 0.287 e. The van der Waals surface area contributed by atoms with Gasteiger partial charge in [-0.15, -0.1) is 0 Å². The van der Waals surface area contributed by atoms with Gasteiger partial charge in [-0.25, -0.2) is 8.42 Å². The van der Waals surface area contributed by atoms with Gasteiger partial charge in [0.05, 0.1) is 37.0 Å². The van der Waals surface area contributed by atoms with E-state index in [0.29, 0.717) is 5.69 Å². The summed E-state index contributed by atoms with van der Waals surface area (Å²) in [5.41, 5.74) is 2.86. The zero-order valence-corrected chi connectivity index (χ0v) is 19.6. The van der Waals surface area contributed by atoms with Crippen molar-refractivity contribution in [3.05, 3.63) is 81.8 Å². The highest BCUT2D eigenvalue weighted by molar-refractivity contribution is 7.92. The van der Waals surface area contributed by atoms with Crippen molar-refractivity contribution >= 4 is 73.5 Å². The summed E-state index contributed by atoms with van der Waals surface area (Å²) in [4.78, 5) is 12.3. The van der Waals surface area contributed by atoms with Gasteiger partial charge in [0.25, 0.3) is 15.9 Å². The molecule has 0 spiro atoms. The summed E-state index contributed by atoms with van der Waals surface area (Å²) in [6.07, 6.45) is 0. The van der Waals surface area contributed by atoms with Crippen LogP contribution in [0.15, 0.2) is 76.7 Å². The van der Waals surface area contributed by atoms with Crippen molar-refractivity contribution in [2.75, 3.05) is 15.5 Å². The number of rotatable bonds is 7. The maximum Gasteiger partial charge on any atom is 0.287 e. The Morgan fingerprint density at radius 3 is 2.18 bits per heavy atom. The van der Waals surface area contributed by atoms with Crippen LogP contribution in [0.2, 0.25) is 15.1 Å². The number of benzene rings is 3. The van der Waals surface area contributed by atoms with Crippen LogP contribution in [-0.4, -0.2) is 20.0 Å². The van der Waals surface area contributed by atoms with Crippen molar-refractivity contribution in [2.45, 2.75) is 4.90 Å². The molecule has 0 atom stereocenters. The van der Waals surface area contributed by atoms with E-state index >= 15 is 0 Å². The topological polar surface area (TPSA) is 123 Å². The van der Waals surface area contributed by atoms with Gasteiger partial charge in [0.1, 0.15) is 6.07 Å². The molecule has 168 valence electrons. The molecule has 0 fully saturated rings. The molecule has 0 saturated heterocycles. The number of amides is 1. The molecular weight excluding hydrogens is 509 g/mol. The highest BCUT2D eigenvalue weighted by Crippen LogP contribution is 2.29. The number of para-hydroxylation sites is 1. The van der Waals surface area contributed by atoms with Crippen molar-refractivity contribution in [3.8, 4) is 6.07 Å². The van der Waals surface area contributed by atoms with Crippen LogP contribution in [0.3, 0.4) is 0 Å². The van der Waals surface area contributed by atoms with Crippen molar-refractivity contribution in [1.29, 1.82) is 5.26 Å². The third kappa shape index (κ3) is 6.15. The molecule has 0 aliphatic carbocycles. The lowest BCUT2D eigenvalue weighted by Crippen LogP contribution is -2.22. The number of nitrogens with one attached hydrogen (secondary N) is 3. The van der Waals surface area contributed by atoms with Gasteiger partial charge in [0, 0.05) is 0 Å². The minimum absolute atomic E-state index is 0.0224. The number of carbonyl (C=O) groups excluding carboxylic acids is 1. The molecule has 0 heterocycles. The maximum absolute atomic E-state index is 12.6. The molecular formula is C21H14Cl3N5O3S. The van der Waals surface area contributed by atoms with Crippen molar-refractivity contribution in [1.82, 2.24) is 0 Å². The standard InChI is InChI=1S/C21H14Cl3N5O3S/c22-15-4-1-2-6-17(15)29-33(31,32)14-10-8-13(9-11-14)27-28-19(12-25)21(30)26-18-7-3-5-16(23)20(18)24/h1-11,27,29H,(H,26,30)/b28-19+. The van der Waals surface area contributed by atoms with Crippen molar-refractivity contribution in [3.63, 3.8) is 0 Å². The molecule has 1 amide bonds. The highest BCUT2D eigenvalue weighted by Gasteiger charge is 2.16. The second-order valence-electron chi connectivity index (χ2n) is 6.35. The fraction of sp³-hybridized carbons (Fsp3) is 0. The Morgan fingerprint density at radius 1 is 0.879 bits per heavy atom. The minimum Gasteiger partial charge on any atom is -0.319 e. The second kappa shape index (κ2) is 10.6. The number of hydrogen-bond donors (Lipinski definition) is 3. The maximum atomic E-state index is 12.6. The molecule has 33 heavy (non-hydrogen) atoms. The predicted molar refractivity (Wildman–Crippen MR) is 130 cm³/mol. The Hall–Kier alpha value is -3.29. The summed E-state index contributed by atoms with van der Waals surface area (Å²) in [5.74, 6) is -0.808. The van der Waals surface area contributed by atoms with E-state index in [2.05, 4.69) is 20.6 Å². The lowest BCUT2D eigenvalue weighted by atomic mass is 10.3. The molecule has 3 N–H and O–H groups in total. The first-order chi connectivity index (χ1) is 15.7. The third-order valence-corrected chi connectivity index (χ3v) is 6.63. The molecule has 0 aromatic heterocycles. The van der Waals surface area contributed by atoms with Crippen molar-refractivity contribution < 1.29 is 13.2 Å². The third-order valence-electron chi connectivity index (χ3n) is 4.10. The fourth-order valence-electron chi connectivity index (χ4n) is 2.49. The number of hydrazone groups is 1. The zero-order valence-electron chi connectivity index (χ0n) is 16.5. The monoisotopic (exact) mass is 521 g/mol. The number of halogens is 3. The molecule has 0 unspecified atom stereocenters. The van der Waals surface area contributed by atoms with Crippen LogP contribution < -0.4 is 15.5 Å². The molecule has 0 bridgehead atoms. The Kier molecular flexibility index (Phi) is 7.79. The van der Waals surface area contributed by atoms with Gasteiger partial charge in [-0.05, 0) is 48.5 Å². The van der Waals surface area contributed by atoms with Crippen LogP contribution in [0.5, 0.6) is 0 Å². The number of hydrogen-bond acceptors (Lipinski definition) is 6. The Balaban J connectivity index is 1.70. The summed E-state index contributed by atoms with van der Waals surface area (Å²) in [7, 11) is -3.88. The summed E-state index contributed by atoms with van der Waals surface area (Å²) >= 11 is 17.9. The van der Waals surface area contributed by atoms with Gasteiger partial charge in [0.15, 0.2) is 0 Å². The van der Waals surface area contributed by atoms with Crippen LogP contribution in [0, 0.1) is 11.3 Å². The van der Waals surface area contributed by atoms with Gasteiger partial charge in [0.2, 0.25) is 5.71 Å². The summed E-state index contributed by atoms with van der Waals surface area (Å²) in [5, 5.41) is 16.1. The summed E-state index contributed by atoms with van der Waals surface area (Å²) in [6.45, 7) is 0. The number of sulfonamides is 1. The number of nitrogens with zero attached hydrogens (tertiary/aromatic N) is 2. The normalized spacial score (nSPS) is 11.4. The fourth-order valence-corrected chi connectivity index (χ4v) is 4.15. The van der Waals surface area contributed by atoms with Crippen LogP contribution in [0.1, 0.15) is 0 Å². The molecule has 3 aromatic carbocycles. The van der Waals surface area contributed by atoms with E-state index in [0.717, 1.165) is 0 Å². The Labute approximate surface area is 204 Å². The van der Waals surface area contributed by atoms with Crippen LogP contribution >= 0.6 is 34.8 Å². The van der Waals surface area contributed by atoms with Gasteiger partial charge in [-0.2, -0.15) is 10.4 Å². The van der Waals surface area contributed by atoms with Crippen LogP contribution in [0.25, 0.3) is 0 Å². The van der Waals surface area contributed by atoms with Gasteiger partial charge >= 0.3 is 0 Å². The molecule has 0 aliphatic heterocycles. The summed E-state index contributed by atoms with van der Waals surface area (Å²) < 4.78 is 27.5.